The van der Waals surface area contributed by atoms with E-state index in [0.29, 0.717) is 5.56 Å². The number of rotatable bonds is 2. The minimum atomic E-state index is -1.35. The molecular formula is C13H17N4O2P. The summed E-state index contributed by atoms with van der Waals surface area (Å²) in [6, 6.07) is 6.96. The molecule has 106 valence electrons. The first kappa shape index (κ1) is 12.5. The number of nitrogens with zero attached hydrogens (tertiary/aromatic N) is 4. The summed E-state index contributed by atoms with van der Waals surface area (Å²) in [7, 11) is -1.35. The van der Waals surface area contributed by atoms with Crippen LogP contribution in [0.15, 0.2) is 29.0 Å². The Kier molecular flexibility index (Phi) is 2.76. The van der Waals surface area contributed by atoms with Crippen molar-refractivity contribution < 1.29 is 9.90 Å². The third-order valence-electron chi connectivity index (χ3n) is 4.03. The molecule has 0 spiro atoms. The molecule has 0 amide bonds. The fourth-order valence-corrected chi connectivity index (χ4v) is 7.36. The van der Waals surface area contributed by atoms with Gasteiger partial charge in [-0.15, -0.1) is 0 Å². The molecular weight excluding hydrogens is 275 g/mol. The van der Waals surface area contributed by atoms with Gasteiger partial charge in [-0.05, 0) is 24.3 Å². The molecule has 0 saturated carbocycles. The number of benzene rings is 1. The predicted octanol–water partition coefficient (Wildman–Crippen LogP) is 1.91. The molecule has 1 aromatic carbocycles. The first-order chi connectivity index (χ1) is 9.62. The smallest absolute Gasteiger partial charge is 0.335 e. The molecule has 0 radical (unpaired) electrons. The van der Waals surface area contributed by atoms with E-state index in [1.807, 2.05) is 12.1 Å². The van der Waals surface area contributed by atoms with E-state index in [2.05, 4.69) is 14.7 Å². The standard InChI is InChI=1S/C13H17N4O2P/c18-13(19)11-1-3-12(4-2-11)14-20-8-15-5-16(9-20)7-17(6-15)10-20/h1-4H,5-10H2,(H,18,19). The van der Waals surface area contributed by atoms with Gasteiger partial charge < -0.3 is 5.11 Å². The summed E-state index contributed by atoms with van der Waals surface area (Å²) >= 11 is 0. The van der Waals surface area contributed by atoms with Crippen LogP contribution in [-0.4, -0.2) is 64.6 Å². The lowest BCUT2D eigenvalue weighted by atomic mass is 10.2. The molecule has 20 heavy (non-hydrogen) atoms. The summed E-state index contributed by atoms with van der Waals surface area (Å²) in [6.45, 7) is 3.23. The lowest BCUT2D eigenvalue weighted by molar-refractivity contribution is -0.0265. The molecule has 0 atom stereocenters. The Balaban J connectivity index is 1.67. The van der Waals surface area contributed by atoms with Gasteiger partial charge in [0, 0.05) is 25.9 Å². The van der Waals surface area contributed by atoms with Gasteiger partial charge in [-0.25, -0.2) is 4.79 Å². The van der Waals surface area contributed by atoms with Crippen molar-refractivity contribution in [2.75, 3.05) is 38.9 Å². The van der Waals surface area contributed by atoms with Gasteiger partial charge in [-0.3, -0.25) is 19.4 Å². The van der Waals surface area contributed by atoms with Crippen LogP contribution in [0.4, 0.5) is 5.69 Å². The summed E-state index contributed by atoms with van der Waals surface area (Å²) in [5, 5.41) is 8.93. The zero-order valence-corrected chi connectivity index (χ0v) is 12.0. The van der Waals surface area contributed by atoms with Gasteiger partial charge in [-0.2, -0.15) is 0 Å². The third-order valence-corrected chi connectivity index (χ3v) is 7.47. The molecule has 0 aromatic heterocycles. The number of aromatic carboxylic acids is 1. The first-order valence-electron chi connectivity index (χ1n) is 6.72. The number of carbonyl (C=O) groups is 1. The van der Waals surface area contributed by atoms with Crippen LogP contribution in [0.1, 0.15) is 10.4 Å². The van der Waals surface area contributed by atoms with Gasteiger partial charge in [0.05, 0.1) is 31.3 Å². The highest BCUT2D eigenvalue weighted by molar-refractivity contribution is 7.66. The number of carboxylic acid groups (broad SMARTS) is 1. The van der Waals surface area contributed by atoms with E-state index in [9.17, 15) is 4.79 Å². The van der Waals surface area contributed by atoms with Crippen molar-refractivity contribution in [3.8, 4) is 0 Å². The Morgan fingerprint density at radius 2 is 1.50 bits per heavy atom. The monoisotopic (exact) mass is 292 g/mol. The molecule has 4 aliphatic heterocycles. The van der Waals surface area contributed by atoms with E-state index in [-0.39, 0.29) is 0 Å². The number of carboxylic acids is 1. The molecule has 4 bridgehead atoms. The zero-order valence-electron chi connectivity index (χ0n) is 11.1. The fraction of sp³-hybridized carbons (Fsp3) is 0.462. The van der Waals surface area contributed by atoms with Gasteiger partial charge in [0.25, 0.3) is 0 Å². The SMILES string of the molecule is O=C(O)c1ccc(N=P23CN4CN(CN(C4)C2)C3)cc1. The second kappa shape index (κ2) is 4.40. The second-order valence-corrected chi connectivity index (χ2v) is 9.15. The van der Waals surface area contributed by atoms with Crippen LogP contribution in [0.5, 0.6) is 0 Å². The Bertz CT molecular complexity index is 571. The molecule has 4 saturated heterocycles. The van der Waals surface area contributed by atoms with E-state index in [4.69, 9.17) is 9.85 Å². The van der Waals surface area contributed by atoms with Crippen molar-refractivity contribution in [3.63, 3.8) is 0 Å². The van der Waals surface area contributed by atoms with Gasteiger partial charge >= 0.3 is 5.97 Å². The zero-order chi connectivity index (χ0) is 13.7. The Hall–Kier alpha value is -1.20. The summed E-state index contributed by atoms with van der Waals surface area (Å²) in [6.07, 6.45) is 3.34. The topological polar surface area (TPSA) is 59.4 Å². The van der Waals surface area contributed by atoms with Crippen LogP contribution in [0, 0.1) is 0 Å². The molecule has 4 heterocycles. The van der Waals surface area contributed by atoms with Crippen LogP contribution >= 0.6 is 7.05 Å². The molecule has 0 aliphatic carbocycles. The number of hydrogen-bond donors (Lipinski definition) is 1. The van der Waals surface area contributed by atoms with Crippen molar-refractivity contribution in [1.29, 1.82) is 0 Å². The van der Waals surface area contributed by atoms with Gasteiger partial charge in [0.1, 0.15) is 0 Å². The average molecular weight is 292 g/mol. The maximum atomic E-state index is 10.9. The normalized spacial score (nSPS) is 37.9. The maximum absolute atomic E-state index is 10.9. The van der Waals surface area contributed by atoms with Crippen molar-refractivity contribution in [2.24, 2.45) is 4.74 Å². The Labute approximate surface area is 117 Å². The minimum absolute atomic E-state index is 0.323. The molecule has 5 rings (SSSR count). The molecule has 4 fully saturated rings. The van der Waals surface area contributed by atoms with Crippen LogP contribution in [0.25, 0.3) is 0 Å². The van der Waals surface area contributed by atoms with E-state index in [1.54, 1.807) is 12.1 Å². The summed E-state index contributed by atoms with van der Waals surface area (Å²) in [4.78, 5) is 18.3. The molecule has 7 heteroatoms. The summed E-state index contributed by atoms with van der Waals surface area (Å²) in [5.41, 5.74) is 1.25. The first-order valence-corrected chi connectivity index (χ1v) is 9.01. The summed E-state index contributed by atoms with van der Waals surface area (Å²) in [5.74, 6) is -0.885. The number of hydrogen-bond acceptors (Lipinski definition) is 5. The Morgan fingerprint density at radius 3 is 1.95 bits per heavy atom. The molecule has 1 N–H and O–H groups in total. The molecule has 6 nitrogen and oxygen atoms in total. The van der Waals surface area contributed by atoms with Crippen LogP contribution in [0.2, 0.25) is 0 Å². The molecule has 4 aliphatic rings. The van der Waals surface area contributed by atoms with E-state index in [0.717, 1.165) is 44.6 Å². The highest BCUT2D eigenvalue weighted by Crippen LogP contribution is 2.59. The van der Waals surface area contributed by atoms with Gasteiger partial charge in [0.15, 0.2) is 0 Å². The van der Waals surface area contributed by atoms with Crippen LogP contribution in [-0.2, 0) is 0 Å². The van der Waals surface area contributed by atoms with E-state index >= 15 is 0 Å². The Morgan fingerprint density at radius 1 is 1.00 bits per heavy atom. The third kappa shape index (κ3) is 2.09. The van der Waals surface area contributed by atoms with Gasteiger partial charge in [-0.1, -0.05) is 0 Å². The highest BCUT2D eigenvalue weighted by Gasteiger charge is 2.43. The largest absolute Gasteiger partial charge is 0.478 e. The van der Waals surface area contributed by atoms with Gasteiger partial charge in [0.2, 0.25) is 0 Å². The average Bonchev–Trinajstić information content (AvgIpc) is 2.37. The highest BCUT2D eigenvalue weighted by atomic mass is 31.2. The van der Waals surface area contributed by atoms with Crippen molar-refractivity contribution >= 4 is 18.7 Å². The minimum Gasteiger partial charge on any atom is -0.478 e. The molecule has 0 unspecified atom stereocenters. The molecule has 1 aromatic rings. The van der Waals surface area contributed by atoms with Crippen LogP contribution in [0.3, 0.4) is 0 Å². The quantitative estimate of drug-likeness (QED) is 0.844. The van der Waals surface area contributed by atoms with Crippen molar-refractivity contribution in [1.82, 2.24) is 14.7 Å². The van der Waals surface area contributed by atoms with Crippen molar-refractivity contribution in [3.05, 3.63) is 29.8 Å². The second-order valence-electron chi connectivity index (χ2n) is 5.91. The van der Waals surface area contributed by atoms with E-state index < -0.39 is 13.0 Å². The van der Waals surface area contributed by atoms with E-state index in [1.165, 1.54) is 0 Å². The predicted molar refractivity (Wildman–Crippen MR) is 77.1 cm³/mol. The lowest BCUT2D eigenvalue weighted by Crippen LogP contribution is -2.63. The summed E-state index contributed by atoms with van der Waals surface area (Å²) < 4.78 is 5.04. The van der Waals surface area contributed by atoms with Crippen LogP contribution < -0.4 is 0 Å². The fourth-order valence-electron chi connectivity index (χ4n) is 3.51. The maximum Gasteiger partial charge on any atom is 0.335 e. The lowest BCUT2D eigenvalue weighted by Gasteiger charge is -2.56. The van der Waals surface area contributed by atoms with Crippen molar-refractivity contribution in [2.45, 2.75) is 0 Å².